The van der Waals surface area contributed by atoms with Crippen LogP contribution in [0.1, 0.15) is 38.5 Å². The van der Waals surface area contributed by atoms with E-state index in [1.807, 2.05) is 0 Å². The first-order chi connectivity index (χ1) is 13.1. The molecule has 0 aromatic heterocycles. The summed E-state index contributed by atoms with van der Waals surface area (Å²) in [5.74, 6) is -0.0179. The summed E-state index contributed by atoms with van der Waals surface area (Å²) in [7, 11) is 0. The summed E-state index contributed by atoms with van der Waals surface area (Å²) in [5, 5.41) is 5.69. The number of amides is 3. The third-order valence-corrected chi connectivity index (χ3v) is 5.21. The van der Waals surface area contributed by atoms with Crippen molar-refractivity contribution in [2.24, 2.45) is 5.92 Å². The van der Waals surface area contributed by atoms with Crippen LogP contribution in [0.15, 0.2) is 24.3 Å². The van der Waals surface area contributed by atoms with Crippen LogP contribution >= 0.6 is 0 Å². The third kappa shape index (κ3) is 6.20. The highest BCUT2D eigenvalue weighted by Crippen LogP contribution is 2.22. The average Bonchev–Trinajstić information content (AvgIpc) is 3.18. The van der Waals surface area contributed by atoms with Gasteiger partial charge in [0.15, 0.2) is 0 Å². The second-order valence-corrected chi connectivity index (χ2v) is 7.37. The highest BCUT2D eigenvalue weighted by atomic mass is 19.1. The molecule has 27 heavy (non-hydrogen) atoms. The Morgan fingerprint density at radius 2 is 2.15 bits per heavy atom. The topological polar surface area (TPSA) is 70.7 Å². The molecule has 0 saturated carbocycles. The van der Waals surface area contributed by atoms with Gasteiger partial charge in [0.05, 0.1) is 6.10 Å². The number of anilines is 1. The average molecular weight is 377 g/mol. The molecular weight excluding hydrogens is 349 g/mol. The number of benzene rings is 1. The molecule has 0 radical (unpaired) electrons. The Labute approximate surface area is 159 Å². The number of piperidine rings is 1. The van der Waals surface area contributed by atoms with Crippen LogP contribution in [0.5, 0.6) is 0 Å². The maximum absolute atomic E-state index is 13.2. The number of carbonyl (C=O) groups excluding carboxylic acids is 2. The summed E-state index contributed by atoms with van der Waals surface area (Å²) in [5.41, 5.74) is 0.454. The summed E-state index contributed by atoms with van der Waals surface area (Å²) in [4.78, 5) is 26.2. The van der Waals surface area contributed by atoms with Crippen LogP contribution < -0.4 is 10.6 Å². The van der Waals surface area contributed by atoms with Crippen molar-refractivity contribution >= 4 is 17.6 Å². The number of nitrogens with zero attached hydrogens (tertiary/aromatic N) is 1. The summed E-state index contributed by atoms with van der Waals surface area (Å²) in [6.45, 7) is 2.69. The summed E-state index contributed by atoms with van der Waals surface area (Å²) >= 11 is 0. The quantitative estimate of drug-likeness (QED) is 0.800. The van der Waals surface area contributed by atoms with Gasteiger partial charge in [0.25, 0.3) is 0 Å². The number of hydrogen-bond donors (Lipinski definition) is 2. The van der Waals surface area contributed by atoms with Crippen molar-refractivity contribution in [1.29, 1.82) is 0 Å². The van der Waals surface area contributed by atoms with Gasteiger partial charge in [0, 0.05) is 38.3 Å². The number of ether oxygens (including phenoxy) is 1. The number of rotatable bonds is 6. The fourth-order valence-corrected chi connectivity index (χ4v) is 3.71. The zero-order valence-electron chi connectivity index (χ0n) is 15.6. The van der Waals surface area contributed by atoms with Gasteiger partial charge in [-0.25, -0.2) is 9.18 Å². The Kier molecular flexibility index (Phi) is 7.04. The zero-order chi connectivity index (χ0) is 19.1. The molecule has 6 nitrogen and oxygen atoms in total. The first-order valence-corrected chi connectivity index (χ1v) is 9.80. The standard InChI is InChI=1S/C20H28FN3O3/c21-16-5-1-6-17(12-16)23-20(26)24-10-2-4-15(14-24)8-9-19(25)22-13-18-7-3-11-27-18/h1,5-6,12,15,18H,2-4,7-11,13-14H2,(H,22,25)(H,23,26)/t15-,18+/m1/s1. The highest BCUT2D eigenvalue weighted by Gasteiger charge is 2.24. The summed E-state index contributed by atoms with van der Waals surface area (Å²) in [6, 6.07) is 5.67. The number of urea groups is 1. The molecule has 2 fully saturated rings. The van der Waals surface area contributed by atoms with Crippen molar-refractivity contribution in [3.8, 4) is 0 Å². The molecule has 148 valence electrons. The van der Waals surface area contributed by atoms with E-state index in [9.17, 15) is 14.0 Å². The Morgan fingerprint density at radius 1 is 1.26 bits per heavy atom. The lowest BCUT2D eigenvalue weighted by atomic mass is 9.93. The molecule has 7 heteroatoms. The van der Waals surface area contributed by atoms with Gasteiger partial charge in [-0.2, -0.15) is 0 Å². The van der Waals surface area contributed by atoms with E-state index >= 15 is 0 Å². The Balaban J connectivity index is 1.39. The Morgan fingerprint density at radius 3 is 2.93 bits per heavy atom. The Hall–Kier alpha value is -2.15. The van der Waals surface area contributed by atoms with Crippen LogP contribution in [0.25, 0.3) is 0 Å². The zero-order valence-corrected chi connectivity index (χ0v) is 15.6. The maximum Gasteiger partial charge on any atom is 0.321 e. The van der Waals surface area contributed by atoms with E-state index in [2.05, 4.69) is 10.6 Å². The van der Waals surface area contributed by atoms with E-state index in [0.29, 0.717) is 37.7 Å². The fraction of sp³-hybridized carbons (Fsp3) is 0.600. The molecule has 2 heterocycles. The molecular formula is C20H28FN3O3. The van der Waals surface area contributed by atoms with Gasteiger partial charge in [-0.05, 0) is 56.2 Å². The van der Waals surface area contributed by atoms with E-state index in [-0.39, 0.29) is 23.9 Å². The minimum atomic E-state index is -0.377. The van der Waals surface area contributed by atoms with Gasteiger partial charge in [0.1, 0.15) is 5.82 Å². The largest absolute Gasteiger partial charge is 0.376 e. The Bertz CT molecular complexity index is 649. The lowest BCUT2D eigenvalue weighted by Gasteiger charge is -2.32. The molecule has 1 aromatic rings. The molecule has 2 N–H and O–H groups in total. The molecule has 3 amide bonds. The molecule has 2 aliphatic rings. The lowest BCUT2D eigenvalue weighted by molar-refractivity contribution is -0.121. The number of halogens is 1. The van der Waals surface area contributed by atoms with Crippen molar-refractivity contribution < 1.29 is 18.7 Å². The van der Waals surface area contributed by atoms with E-state index in [1.165, 1.54) is 12.1 Å². The van der Waals surface area contributed by atoms with E-state index in [1.54, 1.807) is 17.0 Å². The van der Waals surface area contributed by atoms with E-state index < -0.39 is 0 Å². The minimum absolute atomic E-state index is 0.0480. The number of hydrogen-bond acceptors (Lipinski definition) is 3. The smallest absolute Gasteiger partial charge is 0.321 e. The van der Waals surface area contributed by atoms with Crippen LogP contribution in [0.2, 0.25) is 0 Å². The van der Waals surface area contributed by atoms with Crippen molar-refractivity contribution in [3.63, 3.8) is 0 Å². The highest BCUT2D eigenvalue weighted by molar-refractivity contribution is 5.89. The molecule has 1 aromatic carbocycles. The van der Waals surface area contributed by atoms with Crippen LogP contribution in [-0.2, 0) is 9.53 Å². The predicted molar refractivity (Wildman–Crippen MR) is 101 cm³/mol. The van der Waals surface area contributed by atoms with Crippen LogP contribution in [-0.4, -0.2) is 49.2 Å². The second kappa shape index (κ2) is 9.69. The molecule has 2 aliphatic heterocycles. The fourth-order valence-electron chi connectivity index (χ4n) is 3.71. The van der Waals surface area contributed by atoms with Crippen LogP contribution in [0, 0.1) is 11.7 Å². The SMILES string of the molecule is O=C(CC[C@H]1CCCN(C(=O)Nc2cccc(F)c2)C1)NC[C@@H]1CCCO1. The molecule has 0 spiro atoms. The van der Waals surface area contributed by atoms with Crippen LogP contribution in [0.4, 0.5) is 14.9 Å². The summed E-state index contributed by atoms with van der Waals surface area (Å²) < 4.78 is 18.8. The normalized spacial score (nSPS) is 22.5. The number of carbonyl (C=O) groups is 2. The van der Waals surface area contributed by atoms with Crippen molar-refractivity contribution in [3.05, 3.63) is 30.1 Å². The lowest BCUT2D eigenvalue weighted by Crippen LogP contribution is -2.42. The van der Waals surface area contributed by atoms with Gasteiger partial charge >= 0.3 is 6.03 Å². The maximum atomic E-state index is 13.2. The predicted octanol–water partition coefficient (Wildman–Crippen LogP) is 3.15. The van der Waals surface area contributed by atoms with Gasteiger partial charge in [0.2, 0.25) is 5.91 Å². The van der Waals surface area contributed by atoms with E-state index in [0.717, 1.165) is 38.7 Å². The molecule has 0 aliphatic carbocycles. The molecule has 2 atom stereocenters. The summed E-state index contributed by atoms with van der Waals surface area (Å²) in [6.07, 6.45) is 5.40. The van der Waals surface area contributed by atoms with Crippen molar-refractivity contribution in [1.82, 2.24) is 10.2 Å². The number of nitrogens with one attached hydrogen (secondary N) is 2. The molecule has 2 saturated heterocycles. The first-order valence-electron chi connectivity index (χ1n) is 9.80. The van der Waals surface area contributed by atoms with Gasteiger partial charge < -0.3 is 20.3 Å². The number of likely N-dealkylation sites (tertiary alicyclic amines) is 1. The van der Waals surface area contributed by atoms with Gasteiger partial charge in [-0.15, -0.1) is 0 Å². The molecule has 3 rings (SSSR count). The molecule has 0 unspecified atom stereocenters. The van der Waals surface area contributed by atoms with E-state index in [4.69, 9.17) is 4.74 Å². The van der Waals surface area contributed by atoms with Gasteiger partial charge in [-0.3, -0.25) is 4.79 Å². The van der Waals surface area contributed by atoms with Gasteiger partial charge in [-0.1, -0.05) is 6.07 Å². The first kappa shape index (κ1) is 19.6. The van der Waals surface area contributed by atoms with Crippen molar-refractivity contribution in [2.75, 3.05) is 31.6 Å². The third-order valence-electron chi connectivity index (χ3n) is 5.21. The minimum Gasteiger partial charge on any atom is -0.376 e. The molecule has 0 bridgehead atoms. The van der Waals surface area contributed by atoms with Crippen LogP contribution in [0.3, 0.4) is 0 Å². The second-order valence-electron chi connectivity index (χ2n) is 7.37. The monoisotopic (exact) mass is 377 g/mol. The van der Waals surface area contributed by atoms with Crippen molar-refractivity contribution in [2.45, 2.75) is 44.6 Å².